The topological polar surface area (TPSA) is 83.8 Å². The van der Waals surface area contributed by atoms with Gasteiger partial charge in [-0.05, 0) is 19.3 Å². The minimum absolute atomic E-state index is 0.0419. The number of carboxylic acids is 1. The zero-order chi connectivity index (χ0) is 18.9. The molecular weight excluding hydrogens is 320 g/mol. The number of rotatable bonds is 17. The van der Waals surface area contributed by atoms with Crippen LogP contribution in [0.1, 0.15) is 104 Å². The predicted octanol–water partition coefficient (Wildman–Crippen LogP) is 4.84. The first-order chi connectivity index (χ1) is 12.0. The Kier molecular flexibility index (Phi) is 15.7. The van der Waals surface area contributed by atoms with Gasteiger partial charge in [0.15, 0.2) is 0 Å². The van der Waals surface area contributed by atoms with Crippen LogP contribution in [0.3, 0.4) is 0 Å². The molecule has 0 fully saturated rings. The van der Waals surface area contributed by atoms with Crippen LogP contribution in [0, 0.1) is 0 Å². The highest BCUT2D eigenvalue weighted by atomic mass is 16.5. The van der Waals surface area contributed by atoms with Gasteiger partial charge in [0, 0.05) is 0 Å². The van der Waals surface area contributed by atoms with Crippen molar-refractivity contribution in [2.24, 2.45) is 0 Å². The number of carbonyl (C=O) groups is 2. The van der Waals surface area contributed by atoms with Crippen LogP contribution in [0.25, 0.3) is 0 Å². The maximum Gasteiger partial charge on any atom is 0.308 e. The van der Waals surface area contributed by atoms with E-state index >= 15 is 0 Å². The molecule has 0 aromatic rings. The molecular formula is C20H38O5. The number of unbranched alkanes of at least 4 members (excludes halogenated alkanes) is 8. The van der Waals surface area contributed by atoms with Crippen molar-refractivity contribution >= 4 is 11.9 Å². The van der Waals surface area contributed by atoms with Crippen LogP contribution in [0.4, 0.5) is 0 Å². The summed E-state index contributed by atoms with van der Waals surface area (Å²) in [6.45, 7) is 4.30. The van der Waals surface area contributed by atoms with Crippen molar-refractivity contribution < 1.29 is 24.5 Å². The van der Waals surface area contributed by atoms with E-state index in [0.717, 1.165) is 44.9 Å². The van der Waals surface area contributed by atoms with E-state index in [1.807, 2.05) is 0 Å². The zero-order valence-electron chi connectivity index (χ0n) is 16.2. The van der Waals surface area contributed by atoms with Crippen LogP contribution in [-0.2, 0) is 14.3 Å². The van der Waals surface area contributed by atoms with E-state index in [1.165, 1.54) is 19.3 Å². The van der Waals surface area contributed by atoms with Crippen LogP contribution in [0.5, 0.6) is 0 Å². The molecule has 0 amide bonds. The molecule has 0 rings (SSSR count). The fourth-order valence-corrected chi connectivity index (χ4v) is 2.88. The number of ether oxygens (including phenoxy) is 1. The Morgan fingerprint density at radius 2 is 1.32 bits per heavy atom. The summed E-state index contributed by atoms with van der Waals surface area (Å²) >= 11 is 0. The molecule has 0 radical (unpaired) electrons. The van der Waals surface area contributed by atoms with Gasteiger partial charge in [0.2, 0.25) is 0 Å². The number of aliphatic carboxylic acids is 1. The normalized spacial score (nSPS) is 13.4. The Hall–Kier alpha value is -1.10. The largest absolute Gasteiger partial charge is 0.481 e. The number of hydrogen-bond acceptors (Lipinski definition) is 4. The second-order valence-corrected chi connectivity index (χ2v) is 6.97. The SMILES string of the molecule is CCCCCCC[C@@H](O)CC(=O)O[C@H](CCCCCCC)CC(=O)O. The van der Waals surface area contributed by atoms with Gasteiger partial charge in [0.05, 0.1) is 18.9 Å². The number of aliphatic hydroxyl groups excluding tert-OH is 1. The monoisotopic (exact) mass is 358 g/mol. The number of esters is 1. The minimum atomic E-state index is -0.956. The van der Waals surface area contributed by atoms with E-state index in [0.29, 0.717) is 12.8 Å². The standard InChI is InChI=1S/C20H38O5/c1-3-5-7-9-11-13-17(21)15-20(24)25-18(16-19(22)23)14-12-10-8-6-4-2/h17-18,21H,3-16H2,1-2H3,(H,22,23)/t17-,18-/m1/s1. The van der Waals surface area contributed by atoms with E-state index in [9.17, 15) is 14.7 Å². The van der Waals surface area contributed by atoms with E-state index in [1.54, 1.807) is 0 Å². The lowest BCUT2D eigenvalue weighted by Crippen LogP contribution is -2.24. The second-order valence-electron chi connectivity index (χ2n) is 6.97. The third kappa shape index (κ3) is 16.1. The number of carboxylic acid groups (broad SMARTS) is 1. The minimum Gasteiger partial charge on any atom is -0.481 e. The average molecular weight is 359 g/mol. The molecule has 0 aliphatic rings. The quantitative estimate of drug-likeness (QED) is 0.287. The molecule has 0 unspecified atom stereocenters. The molecule has 0 aliphatic carbocycles. The second kappa shape index (κ2) is 16.4. The van der Waals surface area contributed by atoms with Gasteiger partial charge in [-0.1, -0.05) is 71.6 Å². The van der Waals surface area contributed by atoms with Crippen molar-refractivity contribution in [2.75, 3.05) is 0 Å². The molecule has 5 nitrogen and oxygen atoms in total. The molecule has 25 heavy (non-hydrogen) atoms. The van der Waals surface area contributed by atoms with Gasteiger partial charge in [-0.15, -0.1) is 0 Å². The Bertz CT molecular complexity index is 343. The van der Waals surface area contributed by atoms with E-state index in [-0.39, 0.29) is 12.8 Å². The van der Waals surface area contributed by atoms with Crippen molar-refractivity contribution in [3.8, 4) is 0 Å². The van der Waals surface area contributed by atoms with Crippen molar-refractivity contribution in [1.29, 1.82) is 0 Å². The van der Waals surface area contributed by atoms with Crippen LogP contribution in [0.2, 0.25) is 0 Å². The van der Waals surface area contributed by atoms with Crippen LogP contribution in [0.15, 0.2) is 0 Å². The highest BCUT2D eigenvalue weighted by molar-refractivity contribution is 5.71. The maximum atomic E-state index is 11.9. The molecule has 0 spiro atoms. The Morgan fingerprint density at radius 1 is 0.800 bits per heavy atom. The summed E-state index contributed by atoms with van der Waals surface area (Å²) in [4.78, 5) is 22.9. The summed E-state index contributed by atoms with van der Waals surface area (Å²) < 4.78 is 5.30. The van der Waals surface area contributed by atoms with Crippen LogP contribution >= 0.6 is 0 Å². The Labute approximate surface area is 153 Å². The van der Waals surface area contributed by atoms with Crippen molar-refractivity contribution in [2.45, 2.75) is 116 Å². The highest BCUT2D eigenvalue weighted by Gasteiger charge is 2.20. The summed E-state index contributed by atoms with van der Waals surface area (Å²) in [6.07, 6.45) is 10.6. The average Bonchev–Trinajstić information content (AvgIpc) is 2.53. The molecule has 0 aromatic heterocycles. The van der Waals surface area contributed by atoms with Gasteiger partial charge in [0.1, 0.15) is 6.10 Å². The Morgan fingerprint density at radius 3 is 1.84 bits per heavy atom. The molecule has 0 aromatic carbocycles. The smallest absolute Gasteiger partial charge is 0.308 e. The molecule has 148 valence electrons. The van der Waals surface area contributed by atoms with Gasteiger partial charge in [-0.25, -0.2) is 0 Å². The van der Waals surface area contributed by atoms with Crippen LogP contribution < -0.4 is 0 Å². The first kappa shape index (κ1) is 23.9. The van der Waals surface area contributed by atoms with Gasteiger partial charge in [-0.3, -0.25) is 9.59 Å². The molecule has 2 N–H and O–H groups in total. The molecule has 0 heterocycles. The zero-order valence-corrected chi connectivity index (χ0v) is 16.2. The molecule has 0 saturated heterocycles. The molecule has 0 aliphatic heterocycles. The number of carbonyl (C=O) groups excluding carboxylic acids is 1. The van der Waals surface area contributed by atoms with Crippen molar-refractivity contribution in [3.05, 3.63) is 0 Å². The fourth-order valence-electron chi connectivity index (χ4n) is 2.88. The molecule has 0 saturated carbocycles. The lowest BCUT2D eigenvalue weighted by atomic mass is 10.1. The molecule has 5 heteroatoms. The predicted molar refractivity (Wildman–Crippen MR) is 99.5 cm³/mol. The molecule has 0 bridgehead atoms. The number of aliphatic hydroxyl groups is 1. The first-order valence-corrected chi connectivity index (χ1v) is 10.1. The lowest BCUT2D eigenvalue weighted by molar-refractivity contribution is -0.155. The van der Waals surface area contributed by atoms with E-state index in [2.05, 4.69) is 13.8 Å². The maximum absolute atomic E-state index is 11.9. The summed E-state index contributed by atoms with van der Waals surface area (Å²) in [5, 5.41) is 18.9. The fraction of sp³-hybridized carbons (Fsp3) is 0.900. The lowest BCUT2D eigenvalue weighted by Gasteiger charge is -2.17. The third-order valence-electron chi connectivity index (χ3n) is 4.37. The van der Waals surface area contributed by atoms with Crippen molar-refractivity contribution in [3.63, 3.8) is 0 Å². The van der Waals surface area contributed by atoms with E-state index in [4.69, 9.17) is 9.84 Å². The van der Waals surface area contributed by atoms with Gasteiger partial charge >= 0.3 is 11.9 Å². The highest BCUT2D eigenvalue weighted by Crippen LogP contribution is 2.15. The van der Waals surface area contributed by atoms with Crippen molar-refractivity contribution in [1.82, 2.24) is 0 Å². The summed E-state index contributed by atoms with van der Waals surface area (Å²) in [6, 6.07) is 0. The van der Waals surface area contributed by atoms with Gasteiger partial charge in [0.25, 0.3) is 0 Å². The van der Waals surface area contributed by atoms with E-state index < -0.39 is 24.1 Å². The number of hydrogen-bond donors (Lipinski definition) is 2. The van der Waals surface area contributed by atoms with Gasteiger partial charge in [-0.2, -0.15) is 0 Å². The van der Waals surface area contributed by atoms with Crippen LogP contribution in [-0.4, -0.2) is 34.4 Å². The summed E-state index contributed by atoms with van der Waals surface area (Å²) in [7, 11) is 0. The van der Waals surface area contributed by atoms with Gasteiger partial charge < -0.3 is 14.9 Å². The summed E-state index contributed by atoms with van der Waals surface area (Å²) in [5.74, 6) is -1.44. The third-order valence-corrected chi connectivity index (χ3v) is 4.37. The molecule has 2 atom stereocenters. The summed E-state index contributed by atoms with van der Waals surface area (Å²) in [5.41, 5.74) is 0. The first-order valence-electron chi connectivity index (χ1n) is 10.1. The Balaban J connectivity index is 4.03.